The second kappa shape index (κ2) is 10.5. The predicted molar refractivity (Wildman–Crippen MR) is 110 cm³/mol. The van der Waals surface area contributed by atoms with Crippen molar-refractivity contribution in [3.63, 3.8) is 0 Å². The lowest BCUT2D eigenvalue weighted by molar-refractivity contribution is -0.107. The minimum Gasteiger partial charge on any atom is -0.325 e. The standard InChI is InChI=1S/C21H26ClNOS/c1-16-13-19(22)14-17(2)21(16)23-25-20-11-8-10-18(15-20)9-6-4-3-5-7-12-24/h8,10-15,23H,3-7,9H2,1-2H3. The van der Waals surface area contributed by atoms with Crippen LogP contribution in [0.4, 0.5) is 5.69 Å². The maximum absolute atomic E-state index is 10.3. The molecule has 25 heavy (non-hydrogen) atoms. The summed E-state index contributed by atoms with van der Waals surface area (Å²) in [5, 5.41) is 0.778. The van der Waals surface area contributed by atoms with Crippen LogP contribution in [-0.2, 0) is 11.2 Å². The Bertz CT molecular complexity index is 679. The highest BCUT2D eigenvalue weighted by Crippen LogP contribution is 2.29. The molecule has 2 aromatic carbocycles. The molecule has 2 aromatic rings. The summed E-state index contributed by atoms with van der Waals surface area (Å²) in [5.74, 6) is 0. The highest BCUT2D eigenvalue weighted by molar-refractivity contribution is 8.00. The van der Waals surface area contributed by atoms with Crippen LogP contribution in [0, 0.1) is 13.8 Å². The first-order valence-corrected chi connectivity index (χ1v) is 10.0. The molecular weight excluding hydrogens is 350 g/mol. The van der Waals surface area contributed by atoms with Crippen molar-refractivity contribution in [2.45, 2.75) is 57.3 Å². The first-order chi connectivity index (χ1) is 12.1. The van der Waals surface area contributed by atoms with Crippen LogP contribution in [0.25, 0.3) is 0 Å². The average Bonchev–Trinajstić information content (AvgIpc) is 2.57. The van der Waals surface area contributed by atoms with Gasteiger partial charge in [0, 0.05) is 16.3 Å². The van der Waals surface area contributed by atoms with Crippen LogP contribution < -0.4 is 4.72 Å². The third-order valence-electron chi connectivity index (χ3n) is 4.20. The van der Waals surface area contributed by atoms with E-state index < -0.39 is 0 Å². The van der Waals surface area contributed by atoms with Gasteiger partial charge in [-0.3, -0.25) is 0 Å². The van der Waals surface area contributed by atoms with E-state index in [1.165, 1.54) is 23.3 Å². The molecule has 0 spiro atoms. The number of hydrogen-bond acceptors (Lipinski definition) is 3. The van der Waals surface area contributed by atoms with E-state index in [-0.39, 0.29) is 0 Å². The van der Waals surface area contributed by atoms with Gasteiger partial charge < -0.3 is 9.52 Å². The summed E-state index contributed by atoms with van der Waals surface area (Å²) in [7, 11) is 0. The number of rotatable bonds is 10. The van der Waals surface area contributed by atoms with Gasteiger partial charge in [0.1, 0.15) is 6.29 Å². The summed E-state index contributed by atoms with van der Waals surface area (Å²) < 4.78 is 3.47. The van der Waals surface area contributed by atoms with E-state index in [1.54, 1.807) is 11.9 Å². The predicted octanol–water partition coefficient (Wildman–Crippen LogP) is 6.77. The number of unbranched alkanes of at least 4 members (excludes halogenated alkanes) is 4. The number of hydrogen-bond donors (Lipinski definition) is 1. The quantitative estimate of drug-likeness (QED) is 0.282. The van der Waals surface area contributed by atoms with Gasteiger partial charge >= 0.3 is 0 Å². The van der Waals surface area contributed by atoms with E-state index in [4.69, 9.17) is 11.6 Å². The van der Waals surface area contributed by atoms with Gasteiger partial charge in [-0.1, -0.05) is 36.6 Å². The molecule has 2 rings (SSSR count). The topological polar surface area (TPSA) is 29.1 Å². The zero-order chi connectivity index (χ0) is 18.1. The van der Waals surface area contributed by atoms with Crippen LogP contribution >= 0.6 is 23.5 Å². The Hall–Kier alpha value is -1.45. The average molecular weight is 376 g/mol. The van der Waals surface area contributed by atoms with Crippen molar-refractivity contribution in [2.24, 2.45) is 0 Å². The first-order valence-electron chi connectivity index (χ1n) is 8.82. The Balaban J connectivity index is 1.86. The molecule has 134 valence electrons. The van der Waals surface area contributed by atoms with Crippen LogP contribution in [0.15, 0.2) is 41.3 Å². The number of carbonyl (C=O) groups excluding carboxylic acids is 1. The zero-order valence-corrected chi connectivity index (χ0v) is 16.6. The van der Waals surface area contributed by atoms with Crippen LogP contribution in [0.1, 0.15) is 48.8 Å². The Morgan fingerprint density at radius 1 is 1.04 bits per heavy atom. The van der Waals surface area contributed by atoms with Crippen molar-refractivity contribution >= 4 is 35.5 Å². The number of carbonyl (C=O) groups is 1. The van der Waals surface area contributed by atoms with Gasteiger partial charge in [-0.2, -0.15) is 0 Å². The molecule has 0 aliphatic carbocycles. The van der Waals surface area contributed by atoms with Gasteiger partial charge in [0.15, 0.2) is 0 Å². The molecule has 0 aromatic heterocycles. The summed E-state index contributed by atoms with van der Waals surface area (Å²) in [6, 6.07) is 12.7. The van der Waals surface area contributed by atoms with Crippen molar-refractivity contribution in [1.29, 1.82) is 0 Å². The highest BCUT2D eigenvalue weighted by atomic mass is 35.5. The molecule has 0 bridgehead atoms. The van der Waals surface area contributed by atoms with E-state index >= 15 is 0 Å². The molecule has 1 N–H and O–H groups in total. The normalized spacial score (nSPS) is 10.7. The number of halogens is 1. The largest absolute Gasteiger partial charge is 0.325 e. The van der Waals surface area contributed by atoms with Gasteiger partial charge in [0.05, 0.1) is 5.69 Å². The van der Waals surface area contributed by atoms with Gasteiger partial charge in [0.25, 0.3) is 0 Å². The van der Waals surface area contributed by atoms with Crippen LogP contribution in [0.2, 0.25) is 5.02 Å². The molecule has 0 saturated heterocycles. The molecule has 0 radical (unpaired) electrons. The van der Waals surface area contributed by atoms with E-state index in [0.29, 0.717) is 6.42 Å². The Labute approximate surface area is 160 Å². The molecule has 0 fully saturated rings. The van der Waals surface area contributed by atoms with Crippen LogP contribution in [0.3, 0.4) is 0 Å². The van der Waals surface area contributed by atoms with E-state index in [1.807, 2.05) is 12.1 Å². The highest BCUT2D eigenvalue weighted by Gasteiger charge is 2.05. The summed E-state index contributed by atoms with van der Waals surface area (Å²) in [6.07, 6.45) is 7.32. The number of aldehydes is 1. The number of aryl methyl sites for hydroxylation is 3. The fraction of sp³-hybridized carbons (Fsp3) is 0.381. The lowest BCUT2D eigenvalue weighted by Crippen LogP contribution is -1.94. The summed E-state index contributed by atoms with van der Waals surface area (Å²) in [6.45, 7) is 4.14. The fourth-order valence-corrected chi connectivity index (χ4v) is 4.08. The minimum atomic E-state index is 0.696. The molecule has 0 heterocycles. The summed E-state index contributed by atoms with van der Waals surface area (Å²) in [5.41, 5.74) is 4.81. The van der Waals surface area contributed by atoms with Crippen LogP contribution in [-0.4, -0.2) is 6.29 Å². The second-order valence-electron chi connectivity index (χ2n) is 6.39. The Morgan fingerprint density at radius 2 is 1.76 bits per heavy atom. The maximum atomic E-state index is 10.3. The van der Waals surface area contributed by atoms with Gasteiger partial charge in [-0.05, 0) is 86.0 Å². The minimum absolute atomic E-state index is 0.696. The third kappa shape index (κ3) is 6.75. The van der Waals surface area contributed by atoms with Crippen molar-refractivity contribution in [2.75, 3.05) is 4.72 Å². The Kier molecular flexibility index (Phi) is 8.36. The maximum Gasteiger partial charge on any atom is 0.119 e. The molecule has 2 nitrogen and oxygen atoms in total. The SMILES string of the molecule is Cc1cc(Cl)cc(C)c1NSc1cccc(CCCCCCC=O)c1. The molecule has 0 saturated carbocycles. The molecule has 0 aliphatic heterocycles. The molecule has 0 unspecified atom stereocenters. The monoisotopic (exact) mass is 375 g/mol. The summed E-state index contributed by atoms with van der Waals surface area (Å²) in [4.78, 5) is 11.5. The smallest absolute Gasteiger partial charge is 0.119 e. The number of nitrogens with one attached hydrogen (secondary N) is 1. The number of benzene rings is 2. The zero-order valence-electron chi connectivity index (χ0n) is 15.0. The molecule has 0 aliphatic rings. The molecule has 4 heteroatoms. The van der Waals surface area contributed by atoms with Crippen molar-refractivity contribution in [3.05, 3.63) is 58.1 Å². The van der Waals surface area contributed by atoms with E-state index in [9.17, 15) is 4.79 Å². The van der Waals surface area contributed by atoms with Crippen LogP contribution in [0.5, 0.6) is 0 Å². The van der Waals surface area contributed by atoms with E-state index in [2.05, 4.69) is 42.8 Å². The number of anilines is 1. The van der Waals surface area contributed by atoms with Gasteiger partial charge in [0.2, 0.25) is 0 Å². The van der Waals surface area contributed by atoms with Crippen molar-refractivity contribution in [1.82, 2.24) is 0 Å². The lowest BCUT2D eigenvalue weighted by Gasteiger charge is -2.13. The lowest BCUT2D eigenvalue weighted by atomic mass is 10.1. The molecule has 0 atom stereocenters. The first kappa shape index (κ1) is 19.9. The third-order valence-corrected chi connectivity index (χ3v) is 5.22. The van der Waals surface area contributed by atoms with Crippen molar-refractivity contribution < 1.29 is 4.79 Å². The fourth-order valence-electron chi connectivity index (χ4n) is 2.86. The van der Waals surface area contributed by atoms with E-state index in [0.717, 1.165) is 47.4 Å². The Morgan fingerprint density at radius 3 is 2.48 bits per heavy atom. The molecule has 0 amide bonds. The molecular formula is C21H26ClNOS. The van der Waals surface area contributed by atoms with Crippen molar-refractivity contribution in [3.8, 4) is 0 Å². The van der Waals surface area contributed by atoms with Gasteiger partial charge in [-0.25, -0.2) is 0 Å². The van der Waals surface area contributed by atoms with Gasteiger partial charge in [-0.15, -0.1) is 0 Å². The summed E-state index contributed by atoms with van der Waals surface area (Å²) >= 11 is 7.74. The second-order valence-corrected chi connectivity index (χ2v) is 7.70.